The number of quaternary nitrogens is 1. The zero-order valence-electron chi connectivity index (χ0n) is 15.6. The van der Waals surface area contributed by atoms with E-state index in [4.69, 9.17) is 4.55 Å². The van der Waals surface area contributed by atoms with Gasteiger partial charge in [0.05, 0.1) is 26.4 Å². The quantitative estimate of drug-likeness (QED) is 0.305. The van der Waals surface area contributed by atoms with Crippen LogP contribution in [0.5, 0.6) is 0 Å². The average Bonchev–Trinajstić information content (AvgIpc) is 2.59. The van der Waals surface area contributed by atoms with E-state index in [0.29, 0.717) is 17.4 Å². The van der Waals surface area contributed by atoms with Gasteiger partial charge in [-0.2, -0.15) is 8.42 Å². The van der Waals surface area contributed by atoms with E-state index in [-0.39, 0.29) is 5.75 Å². The zero-order chi connectivity index (χ0) is 19.2. The Kier molecular flexibility index (Phi) is 4.34. The molecule has 0 fully saturated rings. The highest BCUT2D eigenvalue weighted by molar-refractivity contribution is 7.85. The first-order chi connectivity index (χ1) is 12.7. The summed E-state index contributed by atoms with van der Waals surface area (Å²) in [6, 6.07) is 19.5. The maximum absolute atomic E-state index is 11.0. The molecule has 0 unspecified atom stereocenters. The molecule has 0 saturated carbocycles. The van der Waals surface area contributed by atoms with E-state index in [1.165, 1.54) is 37.9 Å². The third kappa shape index (κ3) is 3.63. The van der Waals surface area contributed by atoms with Crippen LogP contribution in [0.4, 0.5) is 0 Å². The minimum Gasteiger partial charge on any atom is -0.325 e. The standard InChI is InChI=1S/C22H23NO3S/c1-23(2,13-4-14-27(24,25)26)15-19-10-9-18-8-7-16-5-3-6-17-11-12-20(19)22(18)21(16)17/h3,5-12H,4,13-15H2,1-2H3/p+1. The van der Waals surface area contributed by atoms with Gasteiger partial charge in [-0.15, -0.1) is 0 Å². The maximum atomic E-state index is 11.0. The molecule has 0 atom stereocenters. The molecule has 1 N–H and O–H groups in total. The summed E-state index contributed by atoms with van der Waals surface area (Å²) in [7, 11) is 0.300. The van der Waals surface area contributed by atoms with Crippen molar-refractivity contribution in [3.8, 4) is 0 Å². The van der Waals surface area contributed by atoms with Crippen molar-refractivity contribution in [3.05, 3.63) is 60.2 Å². The lowest BCUT2D eigenvalue weighted by molar-refractivity contribution is -0.903. The molecule has 0 bridgehead atoms. The van der Waals surface area contributed by atoms with Gasteiger partial charge >= 0.3 is 0 Å². The largest absolute Gasteiger partial charge is 0.325 e. The summed E-state index contributed by atoms with van der Waals surface area (Å²) >= 11 is 0. The van der Waals surface area contributed by atoms with Gasteiger partial charge in [-0.1, -0.05) is 54.6 Å². The summed E-state index contributed by atoms with van der Waals surface area (Å²) in [5.74, 6) is -0.187. The van der Waals surface area contributed by atoms with Crippen LogP contribution >= 0.6 is 0 Å². The second kappa shape index (κ2) is 6.44. The van der Waals surface area contributed by atoms with E-state index in [1.807, 2.05) is 0 Å². The fourth-order valence-electron chi connectivity index (χ4n) is 4.15. The van der Waals surface area contributed by atoms with E-state index in [9.17, 15) is 8.42 Å². The Morgan fingerprint density at radius 1 is 0.852 bits per heavy atom. The number of rotatable bonds is 6. The normalized spacial score (nSPS) is 13.1. The van der Waals surface area contributed by atoms with E-state index in [2.05, 4.69) is 68.7 Å². The summed E-state index contributed by atoms with van der Waals surface area (Å²) in [6.45, 7) is 1.49. The summed E-state index contributed by atoms with van der Waals surface area (Å²) in [6.07, 6.45) is 0.442. The lowest BCUT2D eigenvalue weighted by Gasteiger charge is -2.30. The van der Waals surface area contributed by atoms with Crippen LogP contribution in [0, 0.1) is 0 Å². The first-order valence-electron chi connectivity index (χ1n) is 9.16. The van der Waals surface area contributed by atoms with Gasteiger partial charge in [-0.3, -0.25) is 4.55 Å². The molecule has 140 valence electrons. The van der Waals surface area contributed by atoms with Crippen LogP contribution < -0.4 is 0 Å². The third-order valence-corrected chi connectivity index (χ3v) is 6.19. The molecule has 0 aliphatic rings. The highest BCUT2D eigenvalue weighted by atomic mass is 32.2. The summed E-state index contributed by atoms with van der Waals surface area (Å²) in [4.78, 5) is 0. The molecule has 0 radical (unpaired) electrons. The Hall–Kier alpha value is -2.21. The van der Waals surface area contributed by atoms with E-state index < -0.39 is 10.1 Å². The van der Waals surface area contributed by atoms with Crippen molar-refractivity contribution in [1.82, 2.24) is 0 Å². The average molecular weight is 383 g/mol. The van der Waals surface area contributed by atoms with Crippen LogP contribution in [0.3, 0.4) is 0 Å². The molecule has 4 aromatic rings. The minimum absolute atomic E-state index is 0.187. The molecule has 0 aliphatic carbocycles. The van der Waals surface area contributed by atoms with Crippen molar-refractivity contribution in [3.63, 3.8) is 0 Å². The van der Waals surface area contributed by atoms with Gasteiger partial charge in [0.15, 0.2) is 0 Å². The molecular formula is C22H24NO3S+. The van der Waals surface area contributed by atoms with E-state index in [0.717, 1.165) is 6.54 Å². The predicted molar refractivity (Wildman–Crippen MR) is 112 cm³/mol. The van der Waals surface area contributed by atoms with Crippen LogP contribution in [-0.2, 0) is 16.7 Å². The lowest BCUT2D eigenvalue weighted by Crippen LogP contribution is -2.40. The maximum Gasteiger partial charge on any atom is 0.265 e. The predicted octanol–water partition coefficient (Wildman–Crippen LogP) is 4.44. The van der Waals surface area contributed by atoms with Crippen LogP contribution in [0.1, 0.15) is 12.0 Å². The first-order valence-corrected chi connectivity index (χ1v) is 10.8. The van der Waals surface area contributed by atoms with Gasteiger partial charge < -0.3 is 4.48 Å². The molecule has 0 aromatic heterocycles. The van der Waals surface area contributed by atoms with Gasteiger partial charge in [0.2, 0.25) is 0 Å². The van der Waals surface area contributed by atoms with Gasteiger partial charge in [0.1, 0.15) is 6.54 Å². The minimum atomic E-state index is -3.90. The molecule has 27 heavy (non-hydrogen) atoms. The van der Waals surface area contributed by atoms with Gasteiger partial charge in [0.25, 0.3) is 10.1 Å². The molecular weight excluding hydrogens is 358 g/mol. The molecule has 4 rings (SSSR count). The lowest BCUT2D eigenvalue weighted by atomic mass is 9.92. The van der Waals surface area contributed by atoms with Crippen molar-refractivity contribution >= 4 is 42.4 Å². The van der Waals surface area contributed by atoms with Crippen LogP contribution in [0.15, 0.2) is 54.6 Å². The molecule has 0 spiro atoms. The fourth-order valence-corrected chi connectivity index (χ4v) is 4.64. The van der Waals surface area contributed by atoms with E-state index >= 15 is 0 Å². The topological polar surface area (TPSA) is 54.4 Å². The Bertz CT molecular complexity index is 1210. The van der Waals surface area contributed by atoms with Crippen LogP contribution in [0.25, 0.3) is 32.3 Å². The smallest absolute Gasteiger partial charge is 0.265 e. The molecule has 0 heterocycles. The Labute approximate surface area is 159 Å². The van der Waals surface area contributed by atoms with Crippen molar-refractivity contribution in [2.45, 2.75) is 13.0 Å². The number of benzene rings is 4. The van der Waals surface area contributed by atoms with Crippen molar-refractivity contribution in [2.24, 2.45) is 0 Å². The van der Waals surface area contributed by atoms with Gasteiger partial charge in [-0.05, 0) is 32.3 Å². The van der Waals surface area contributed by atoms with E-state index in [1.54, 1.807) is 0 Å². The van der Waals surface area contributed by atoms with Crippen molar-refractivity contribution in [2.75, 3.05) is 26.4 Å². The van der Waals surface area contributed by atoms with Gasteiger partial charge in [-0.25, -0.2) is 0 Å². The summed E-state index contributed by atoms with van der Waals surface area (Å²) < 4.78 is 31.6. The highest BCUT2D eigenvalue weighted by Gasteiger charge is 2.20. The third-order valence-electron chi connectivity index (χ3n) is 5.38. The second-order valence-corrected chi connectivity index (χ2v) is 9.61. The highest BCUT2D eigenvalue weighted by Crippen LogP contribution is 2.36. The fraction of sp³-hybridized carbons (Fsp3) is 0.273. The zero-order valence-corrected chi connectivity index (χ0v) is 16.5. The molecule has 0 amide bonds. The van der Waals surface area contributed by atoms with Crippen LogP contribution in [-0.4, -0.2) is 43.8 Å². The molecule has 4 nitrogen and oxygen atoms in total. The SMILES string of the molecule is C[N+](C)(CCCS(=O)(=O)O)Cc1ccc2ccc3cccc4ccc1c2c34. The van der Waals surface area contributed by atoms with Crippen molar-refractivity contribution < 1.29 is 17.5 Å². The molecule has 0 saturated heterocycles. The number of hydrogen-bond acceptors (Lipinski definition) is 2. The monoisotopic (exact) mass is 382 g/mol. The first kappa shape index (κ1) is 18.2. The number of hydrogen-bond donors (Lipinski definition) is 1. The summed E-state index contributed by atoms with van der Waals surface area (Å²) in [5.41, 5.74) is 1.26. The van der Waals surface area contributed by atoms with Crippen LogP contribution in [0.2, 0.25) is 0 Å². The molecule has 0 aliphatic heterocycles. The van der Waals surface area contributed by atoms with Gasteiger partial charge in [0, 0.05) is 12.0 Å². The number of nitrogens with zero attached hydrogens (tertiary/aromatic N) is 1. The molecule has 4 aromatic carbocycles. The Morgan fingerprint density at radius 2 is 1.44 bits per heavy atom. The molecule has 5 heteroatoms. The summed E-state index contributed by atoms with van der Waals surface area (Å²) in [5, 5.41) is 7.63. The van der Waals surface area contributed by atoms with Crippen molar-refractivity contribution in [1.29, 1.82) is 0 Å². The Morgan fingerprint density at radius 3 is 2.11 bits per heavy atom. The second-order valence-electron chi connectivity index (χ2n) is 8.04. The Balaban J connectivity index is 1.74.